The van der Waals surface area contributed by atoms with Crippen LogP contribution in [0.25, 0.3) is 11.0 Å². The highest BCUT2D eigenvalue weighted by Crippen LogP contribution is 2.18. The molecular weight excluding hydrogens is 379 g/mol. The molecule has 0 fully saturated rings. The standard InChI is InChI=1S/C16H13IN2O2/c1-18-13-7-6-11(9-14(13)19(2)16(18)21)15(20)10-4-3-5-12(17)8-10/h3-9H,1-2H3. The van der Waals surface area contributed by atoms with Crippen molar-refractivity contribution in [1.82, 2.24) is 9.13 Å². The molecule has 1 heterocycles. The number of carbonyl (C=O) groups is 1. The monoisotopic (exact) mass is 392 g/mol. The number of imidazole rings is 1. The summed E-state index contributed by atoms with van der Waals surface area (Å²) in [7, 11) is 3.44. The van der Waals surface area contributed by atoms with Crippen LogP contribution < -0.4 is 5.69 Å². The Bertz CT molecular complexity index is 922. The molecule has 2 aromatic carbocycles. The van der Waals surface area contributed by atoms with E-state index in [1.54, 1.807) is 41.4 Å². The second-order valence-corrected chi connectivity index (χ2v) is 6.19. The molecule has 0 unspecified atom stereocenters. The van der Waals surface area contributed by atoms with Crippen molar-refractivity contribution >= 4 is 39.4 Å². The Kier molecular flexibility index (Phi) is 3.44. The molecular formula is C16H13IN2O2. The Morgan fingerprint density at radius 1 is 0.952 bits per heavy atom. The number of aryl methyl sites for hydroxylation is 2. The second-order valence-electron chi connectivity index (χ2n) is 4.94. The fraction of sp³-hybridized carbons (Fsp3) is 0.125. The third-order valence-corrected chi connectivity index (χ3v) is 4.29. The topological polar surface area (TPSA) is 44.0 Å². The molecule has 0 aliphatic heterocycles. The normalized spacial score (nSPS) is 11.0. The van der Waals surface area contributed by atoms with Crippen LogP contribution in [0.2, 0.25) is 0 Å². The fourth-order valence-electron chi connectivity index (χ4n) is 2.44. The zero-order valence-electron chi connectivity index (χ0n) is 11.6. The average molecular weight is 392 g/mol. The van der Waals surface area contributed by atoms with Crippen LogP contribution in [0.5, 0.6) is 0 Å². The Balaban J connectivity index is 2.15. The van der Waals surface area contributed by atoms with E-state index < -0.39 is 0 Å². The molecule has 0 saturated carbocycles. The molecule has 3 aromatic rings. The van der Waals surface area contributed by atoms with Crippen LogP contribution in [0.15, 0.2) is 47.3 Å². The number of rotatable bonds is 2. The number of halogens is 1. The van der Waals surface area contributed by atoms with Crippen LogP contribution >= 0.6 is 22.6 Å². The van der Waals surface area contributed by atoms with Gasteiger partial charge in [-0.2, -0.15) is 0 Å². The first-order valence-electron chi connectivity index (χ1n) is 6.45. The van der Waals surface area contributed by atoms with Gasteiger partial charge in [-0.3, -0.25) is 13.9 Å². The summed E-state index contributed by atoms with van der Waals surface area (Å²) in [5, 5.41) is 0. The predicted molar refractivity (Wildman–Crippen MR) is 90.8 cm³/mol. The van der Waals surface area contributed by atoms with E-state index in [2.05, 4.69) is 22.6 Å². The van der Waals surface area contributed by atoms with Crippen molar-refractivity contribution in [3.8, 4) is 0 Å². The smallest absolute Gasteiger partial charge is 0.295 e. The van der Waals surface area contributed by atoms with Crippen molar-refractivity contribution in [2.45, 2.75) is 0 Å². The van der Waals surface area contributed by atoms with E-state index in [9.17, 15) is 9.59 Å². The van der Waals surface area contributed by atoms with Gasteiger partial charge in [-0.15, -0.1) is 0 Å². The lowest BCUT2D eigenvalue weighted by atomic mass is 10.0. The minimum Gasteiger partial charge on any atom is -0.295 e. The first kappa shape index (κ1) is 14.1. The summed E-state index contributed by atoms with van der Waals surface area (Å²) < 4.78 is 4.15. The van der Waals surface area contributed by atoms with E-state index in [1.165, 1.54) is 0 Å². The molecule has 21 heavy (non-hydrogen) atoms. The maximum absolute atomic E-state index is 12.5. The van der Waals surface area contributed by atoms with Gasteiger partial charge in [0.25, 0.3) is 0 Å². The van der Waals surface area contributed by atoms with Crippen LogP contribution in [-0.2, 0) is 14.1 Å². The summed E-state index contributed by atoms with van der Waals surface area (Å²) in [5.74, 6) is -0.0354. The molecule has 0 amide bonds. The van der Waals surface area contributed by atoms with Crippen LogP contribution in [0.3, 0.4) is 0 Å². The number of aromatic nitrogens is 2. The van der Waals surface area contributed by atoms with E-state index in [4.69, 9.17) is 0 Å². The third kappa shape index (κ3) is 2.31. The number of benzene rings is 2. The van der Waals surface area contributed by atoms with Gasteiger partial charge >= 0.3 is 5.69 Å². The van der Waals surface area contributed by atoms with E-state index in [-0.39, 0.29) is 11.5 Å². The molecule has 0 aliphatic carbocycles. The molecule has 3 rings (SSSR count). The van der Waals surface area contributed by atoms with Crippen LogP contribution in [0, 0.1) is 3.57 Å². The van der Waals surface area contributed by atoms with Crippen molar-refractivity contribution in [2.24, 2.45) is 14.1 Å². The fourth-order valence-corrected chi connectivity index (χ4v) is 2.99. The van der Waals surface area contributed by atoms with E-state index in [0.717, 1.165) is 14.6 Å². The number of ketones is 1. The van der Waals surface area contributed by atoms with Gasteiger partial charge in [-0.25, -0.2) is 4.79 Å². The zero-order chi connectivity index (χ0) is 15.1. The van der Waals surface area contributed by atoms with Crippen molar-refractivity contribution < 1.29 is 4.79 Å². The second kappa shape index (κ2) is 5.14. The molecule has 0 atom stereocenters. The zero-order valence-corrected chi connectivity index (χ0v) is 13.8. The van der Waals surface area contributed by atoms with Crippen molar-refractivity contribution in [1.29, 1.82) is 0 Å². The van der Waals surface area contributed by atoms with Crippen molar-refractivity contribution in [2.75, 3.05) is 0 Å². The number of fused-ring (bicyclic) bond motifs is 1. The summed E-state index contributed by atoms with van der Waals surface area (Å²) in [6.07, 6.45) is 0. The predicted octanol–water partition coefficient (Wildman–Crippen LogP) is 2.71. The molecule has 0 bridgehead atoms. The van der Waals surface area contributed by atoms with E-state index in [1.807, 2.05) is 24.3 Å². The number of hydrogen-bond acceptors (Lipinski definition) is 2. The third-order valence-electron chi connectivity index (χ3n) is 3.62. The van der Waals surface area contributed by atoms with Gasteiger partial charge in [0.2, 0.25) is 0 Å². The molecule has 106 valence electrons. The van der Waals surface area contributed by atoms with Gasteiger partial charge in [-0.05, 0) is 52.9 Å². The largest absolute Gasteiger partial charge is 0.328 e. The maximum atomic E-state index is 12.5. The molecule has 0 saturated heterocycles. The molecule has 0 aliphatic rings. The lowest BCUT2D eigenvalue weighted by Crippen LogP contribution is -2.19. The maximum Gasteiger partial charge on any atom is 0.328 e. The Hall–Kier alpha value is -1.89. The van der Waals surface area contributed by atoms with Gasteiger partial charge < -0.3 is 0 Å². The SMILES string of the molecule is Cn1c(=O)n(C)c2cc(C(=O)c3cccc(I)c3)ccc21. The van der Waals surface area contributed by atoms with Crippen LogP contribution in [0.1, 0.15) is 15.9 Å². The lowest BCUT2D eigenvalue weighted by molar-refractivity contribution is 0.103. The molecule has 0 radical (unpaired) electrons. The summed E-state index contributed by atoms with van der Waals surface area (Å²) in [6, 6.07) is 12.8. The van der Waals surface area contributed by atoms with E-state index in [0.29, 0.717) is 11.1 Å². The molecule has 0 spiro atoms. The highest BCUT2D eigenvalue weighted by Gasteiger charge is 2.13. The Morgan fingerprint density at radius 3 is 2.33 bits per heavy atom. The minimum absolute atomic E-state index is 0.0354. The summed E-state index contributed by atoms with van der Waals surface area (Å²) in [4.78, 5) is 24.5. The van der Waals surface area contributed by atoms with Gasteiger partial charge in [0.15, 0.2) is 5.78 Å². The number of nitrogens with zero attached hydrogens (tertiary/aromatic N) is 2. The van der Waals surface area contributed by atoms with Gasteiger partial charge in [-0.1, -0.05) is 12.1 Å². The highest BCUT2D eigenvalue weighted by molar-refractivity contribution is 14.1. The summed E-state index contributed by atoms with van der Waals surface area (Å²) in [6.45, 7) is 0. The minimum atomic E-state index is -0.0936. The quantitative estimate of drug-likeness (QED) is 0.497. The first-order chi connectivity index (χ1) is 9.99. The van der Waals surface area contributed by atoms with E-state index >= 15 is 0 Å². The summed E-state index contributed by atoms with van der Waals surface area (Å²) in [5.41, 5.74) is 2.73. The highest BCUT2D eigenvalue weighted by atomic mass is 127. The van der Waals surface area contributed by atoms with Crippen molar-refractivity contribution in [3.05, 3.63) is 67.6 Å². The number of carbonyl (C=O) groups excluding carboxylic acids is 1. The first-order valence-corrected chi connectivity index (χ1v) is 7.52. The van der Waals surface area contributed by atoms with Gasteiger partial charge in [0, 0.05) is 28.8 Å². The molecule has 1 aromatic heterocycles. The van der Waals surface area contributed by atoms with Crippen LogP contribution in [0.4, 0.5) is 0 Å². The van der Waals surface area contributed by atoms with Crippen LogP contribution in [-0.4, -0.2) is 14.9 Å². The lowest BCUT2D eigenvalue weighted by Gasteiger charge is -2.03. The molecule has 0 N–H and O–H groups in total. The van der Waals surface area contributed by atoms with Gasteiger partial charge in [0.05, 0.1) is 11.0 Å². The van der Waals surface area contributed by atoms with Crippen molar-refractivity contribution in [3.63, 3.8) is 0 Å². The Labute approximate surface area is 135 Å². The molecule has 5 heteroatoms. The summed E-state index contributed by atoms with van der Waals surface area (Å²) >= 11 is 2.18. The molecule has 4 nitrogen and oxygen atoms in total. The Morgan fingerprint density at radius 2 is 1.62 bits per heavy atom. The number of hydrogen-bond donors (Lipinski definition) is 0. The average Bonchev–Trinajstić information content (AvgIpc) is 2.71. The van der Waals surface area contributed by atoms with Gasteiger partial charge in [0.1, 0.15) is 0 Å².